The summed E-state index contributed by atoms with van der Waals surface area (Å²) in [6, 6.07) is 53.7. The van der Waals surface area contributed by atoms with Crippen molar-refractivity contribution in [2.45, 2.75) is 0 Å². The minimum absolute atomic E-state index is 0.707. The second-order valence-corrected chi connectivity index (χ2v) is 12.6. The second-order valence-electron chi connectivity index (χ2n) is 12.6. The smallest absolute Gasteiger partial charge is 0.155 e. The van der Waals surface area contributed by atoms with E-state index in [0.29, 0.717) is 5.58 Å². The molecule has 0 N–H and O–H groups in total. The van der Waals surface area contributed by atoms with Gasteiger partial charge in [-0.15, -0.1) is 0 Å². The van der Waals surface area contributed by atoms with Crippen LogP contribution in [0.25, 0.3) is 76.9 Å². The minimum atomic E-state index is 0.707. The van der Waals surface area contributed by atoms with Gasteiger partial charge in [0, 0.05) is 41.3 Å². The van der Waals surface area contributed by atoms with Gasteiger partial charge in [-0.2, -0.15) is 0 Å². The van der Waals surface area contributed by atoms with E-state index in [2.05, 4.69) is 154 Å². The highest BCUT2D eigenvalue weighted by Gasteiger charge is 2.18. The van der Waals surface area contributed by atoms with Gasteiger partial charge in [-0.05, 0) is 86.3 Å². The SMILES string of the molecule is c1ccc2cc(-c3ccc(N(c4ccc(-c5ccc6ccccc6c5)cc4)c4cnc5c(c4)oc4cc6nccnc6cc45)cc3)ccc2c1. The van der Waals surface area contributed by atoms with E-state index in [0.717, 1.165) is 55.7 Å². The first-order chi connectivity index (χ1) is 24.7. The normalized spacial score (nSPS) is 11.6. The molecule has 0 saturated heterocycles. The molecule has 7 aromatic carbocycles. The first kappa shape index (κ1) is 28.2. The van der Waals surface area contributed by atoms with Gasteiger partial charge in [0.2, 0.25) is 0 Å². The lowest BCUT2D eigenvalue weighted by Crippen LogP contribution is -2.10. The Labute approximate surface area is 287 Å². The van der Waals surface area contributed by atoms with Crippen LogP contribution >= 0.6 is 0 Å². The zero-order chi connectivity index (χ0) is 33.0. The zero-order valence-corrected chi connectivity index (χ0v) is 26.9. The third-order valence-electron chi connectivity index (χ3n) is 9.56. The lowest BCUT2D eigenvalue weighted by Gasteiger charge is -2.25. The summed E-state index contributed by atoms with van der Waals surface area (Å²) in [6.07, 6.45) is 5.32. The van der Waals surface area contributed by atoms with E-state index in [-0.39, 0.29) is 0 Å². The van der Waals surface area contributed by atoms with E-state index in [4.69, 9.17) is 9.40 Å². The first-order valence-corrected chi connectivity index (χ1v) is 16.7. The van der Waals surface area contributed by atoms with Crippen LogP contribution in [0.5, 0.6) is 0 Å². The van der Waals surface area contributed by atoms with Crippen molar-refractivity contribution < 1.29 is 4.42 Å². The average Bonchev–Trinajstić information content (AvgIpc) is 3.53. The molecule has 3 heterocycles. The molecular weight excluding hydrogens is 613 g/mol. The number of rotatable bonds is 5. The number of aromatic nitrogens is 3. The Hall–Kier alpha value is -6.85. The molecule has 0 amide bonds. The van der Waals surface area contributed by atoms with Crippen molar-refractivity contribution in [2.75, 3.05) is 4.90 Å². The third kappa shape index (κ3) is 4.83. The molecule has 0 aliphatic carbocycles. The average molecular weight is 641 g/mol. The Kier molecular flexibility index (Phi) is 6.42. The molecule has 0 radical (unpaired) electrons. The number of hydrogen-bond acceptors (Lipinski definition) is 5. The number of benzene rings is 7. The number of hydrogen-bond donors (Lipinski definition) is 0. The van der Waals surface area contributed by atoms with Crippen molar-refractivity contribution in [3.63, 3.8) is 0 Å². The van der Waals surface area contributed by atoms with Crippen molar-refractivity contribution in [2.24, 2.45) is 0 Å². The van der Waals surface area contributed by atoms with Crippen molar-refractivity contribution in [1.82, 2.24) is 15.0 Å². The van der Waals surface area contributed by atoms with E-state index in [1.54, 1.807) is 12.4 Å². The summed E-state index contributed by atoms with van der Waals surface area (Å²) in [7, 11) is 0. The molecule has 234 valence electrons. The van der Waals surface area contributed by atoms with Gasteiger partial charge in [0.05, 0.1) is 22.9 Å². The van der Waals surface area contributed by atoms with Crippen molar-refractivity contribution in [3.8, 4) is 22.3 Å². The summed E-state index contributed by atoms with van der Waals surface area (Å²) in [6.45, 7) is 0. The van der Waals surface area contributed by atoms with E-state index < -0.39 is 0 Å². The lowest BCUT2D eigenvalue weighted by atomic mass is 10.00. The van der Waals surface area contributed by atoms with E-state index in [1.165, 1.54) is 32.7 Å². The Morgan fingerprint density at radius 2 is 0.920 bits per heavy atom. The Balaban J connectivity index is 1.08. The topological polar surface area (TPSA) is 55.1 Å². The first-order valence-electron chi connectivity index (χ1n) is 16.7. The molecule has 0 spiro atoms. The quantitative estimate of drug-likeness (QED) is 0.187. The predicted molar refractivity (Wildman–Crippen MR) is 205 cm³/mol. The predicted octanol–water partition coefficient (Wildman–Crippen LogP) is 12.0. The van der Waals surface area contributed by atoms with Crippen LogP contribution in [-0.4, -0.2) is 15.0 Å². The largest absolute Gasteiger partial charge is 0.454 e. The van der Waals surface area contributed by atoms with Gasteiger partial charge in [-0.1, -0.05) is 97.1 Å². The maximum atomic E-state index is 6.39. The Morgan fingerprint density at radius 1 is 0.400 bits per heavy atom. The summed E-state index contributed by atoms with van der Waals surface area (Å²) in [5.41, 5.74) is 11.5. The highest BCUT2D eigenvalue weighted by atomic mass is 16.3. The van der Waals surface area contributed by atoms with Gasteiger partial charge in [-0.25, -0.2) is 4.98 Å². The Bertz CT molecular complexity index is 2750. The fourth-order valence-corrected chi connectivity index (χ4v) is 7.01. The van der Waals surface area contributed by atoms with Gasteiger partial charge in [0.25, 0.3) is 0 Å². The molecule has 0 aliphatic rings. The summed E-state index contributed by atoms with van der Waals surface area (Å²) >= 11 is 0. The fourth-order valence-electron chi connectivity index (χ4n) is 7.01. The maximum absolute atomic E-state index is 6.39. The molecule has 5 nitrogen and oxygen atoms in total. The van der Waals surface area contributed by atoms with Crippen LogP contribution in [0.3, 0.4) is 0 Å². The van der Waals surface area contributed by atoms with Gasteiger partial charge in [0.1, 0.15) is 11.1 Å². The molecule has 10 rings (SSSR count). The monoisotopic (exact) mass is 640 g/mol. The van der Waals surface area contributed by atoms with Crippen LogP contribution in [0.4, 0.5) is 17.1 Å². The number of nitrogens with zero attached hydrogens (tertiary/aromatic N) is 4. The van der Waals surface area contributed by atoms with Crippen molar-refractivity contribution >= 4 is 71.7 Å². The van der Waals surface area contributed by atoms with E-state index in [1.807, 2.05) is 18.3 Å². The highest BCUT2D eigenvalue weighted by Crippen LogP contribution is 2.39. The molecule has 50 heavy (non-hydrogen) atoms. The molecule has 3 aromatic heterocycles. The number of anilines is 3. The molecule has 0 aliphatic heterocycles. The molecule has 5 heteroatoms. The van der Waals surface area contributed by atoms with E-state index in [9.17, 15) is 0 Å². The van der Waals surface area contributed by atoms with Gasteiger partial charge in [-0.3, -0.25) is 9.97 Å². The molecule has 0 fully saturated rings. The number of furan rings is 1. The van der Waals surface area contributed by atoms with Crippen LogP contribution < -0.4 is 4.90 Å². The molecule has 0 atom stereocenters. The van der Waals surface area contributed by atoms with Crippen molar-refractivity contribution in [3.05, 3.63) is 170 Å². The van der Waals surface area contributed by atoms with Gasteiger partial charge < -0.3 is 9.32 Å². The lowest BCUT2D eigenvalue weighted by molar-refractivity contribution is 0.668. The number of fused-ring (bicyclic) bond motifs is 6. The maximum Gasteiger partial charge on any atom is 0.155 e. The molecule has 0 unspecified atom stereocenters. The molecule has 10 aromatic rings. The Morgan fingerprint density at radius 3 is 1.50 bits per heavy atom. The molecular formula is C45H28N4O. The van der Waals surface area contributed by atoms with Crippen LogP contribution in [0, 0.1) is 0 Å². The van der Waals surface area contributed by atoms with Crippen LogP contribution in [-0.2, 0) is 0 Å². The van der Waals surface area contributed by atoms with Crippen LogP contribution in [0.15, 0.2) is 175 Å². The summed E-state index contributed by atoms with van der Waals surface area (Å²) in [5.74, 6) is 0. The van der Waals surface area contributed by atoms with Crippen LogP contribution in [0.1, 0.15) is 0 Å². The fraction of sp³-hybridized carbons (Fsp3) is 0. The molecule has 0 bridgehead atoms. The van der Waals surface area contributed by atoms with Gasteiger partial charge in [0.15, 0.2) is 5.58 Å². The summed E-state index contributed by atoms with van der Waals surface area (Å²) in [5, 5.41) is 5.85. The summed E-state index contributed by atoms with van der Waals surface area (Å²) in [4.78, 5) is 16.1. The number of pyridine rings is 1. The van der Waals surface area contributed by atoms with E-state index >= 15 is 0 Å². The van der Waals surface area contributed by atoms with Crippen LogP contribution in [0.2, 0.25) is 0 Å². The third-order valence-corrected chi connectivity index (χ3v) is 9.56. The van der Waals surface area contributed by atoms with Gasteiger partial charge >= 0.3 is 0 Å². The molecule has 0 saturated carbocycles. The highest BCUT2D eigenvalue weighted by molar-refractivity contribution is 6.07. The minimum Gasteiger partial charge on any atom is -0.454 e. The standard InChI is InChI=1S/C45H28N4O/c1-3-7-33-23-35(11-9-29(33)5-1)31-13-17-37(18-14-31)49(38-19-15-32(16-20-38)36-12-10-30-6-2-4-8-34(30)24-36)39-25-44-45(48-28-39)40-26-41-42(27-43(40)50-44)47-22-21-46-41/h1-28H. The second kappa shape index (κ2) is 11.4. The van der Waals surface area contributed by atoms with Crippen molar-refractivity contribution in [1.29, 1.82) is 0 Å². The zero-order valence-electron chi connectivity index (χ0n) is 26.9. The summed E-state index contributed by atoms with van der Waals surface area (Å²) < 4.78 is 6.39.